The molecule has 0 aliphatic rings. The van der Waals surface area contributed by atoms with Gasteiger partial charge < -0.3 is 14.5 Å². The molecule has 156 valence electrons. The number of carbonyl (C=O) groups excluding carboxylic acids is 1. The number of ether oxygens (including phenoxy) is 1. The number of nitrogens with one attached hydrogen (secondary N) is 1. The molecule has 5 heteroatoms. The fourth-order valence-electron chi connectivity index (χ4n) is 3.27. The maximum atomic E-state index is 11.7. The average molecular weight is 396 g/mol. The van der Waals surface area contributed by atoms with E-state index in [9.17, 15) is 4.79 Å². The van der Waals surface area contributed by atoms with Crippen LogP contribution in [0.4, 0.5) is 4.79 Å². The normalized spacial score (nSPS) is 12.8. The monoisotopic (exact) mass is 395 g/mol. The summed E-state index contributed by atoms with van der Waals surface area (Å²) in [6.45, 7) is 9.13. The quantitative estimate of drug-likeness (QED) is 0.310. The summed E-state index contributed by atoms with van der Waals surface area (Å²) in [5, 5.41) is 4.15. The van der Waals surface area contributed by atoms with E-state index in [-0.39, 0.29) is 12.1 Å². The van der Waals surface area contributed by atoms with Crippen LogP contribution in [-0.4, -0.2) is 27.3 Å². The molecule has 1 unspecified atom stereocenters. The summed E-state index contributed by atoms with van der Waals surface area (Å²) in [7, 11) is 0.0264. The van der Waals surface area contributed by atoms with Crippen molar-refractivity contribution >= 4 is 19.6 Å². The van der Waals surface area contributed by atoms with Gasteiger partial charge >= 0.3 is 6.09 Å². The SMILES string of the molecule is CCCCCCCCCCC(CCc1ccc([Si](C)(C)C)o1)NC(=O)OC. The van der Waals surface area contributed by atoms with Crippen LogP contribution in [0.3, 0.4) is 0 Å². The van der Waals surface area contributed by atoms with E-state index in [1.807, 2.05) is 0 Å². The number of rotatable bonds is 14. The molecule has 4 nitrogen and oxygen atoms in total. The molecule has 1 amide bonds. The van der Waals surface area contributed by atoms with E-state index in [1.165, 1.54) is 52.1 Å². The first-order valence-electron chi connectivity index (χ1n) is 10.8. The number of aryl methyl sites for hydroxylation is 1. The van der Waals surface area contributed by atoms with Gasteiger partial charge in [-0.3, -0.25) is 0 Å². The Hall–Kier alpha value is -1.23. The largest absolute Gasteiger partial charge is 0.471 e. The highest BCUT2D eigenvalue weighted by atomic mass is 28.3. The Morgan fingerprint density at radius 3 is 2.22 bits per heavy atom. The smallest absolute Gasteiger partial charge is 0.407 e. The molecular weight excluding hydrogens is 354 g/mol. The molecule has 1 N–H and O–H groups in total. The van der Waals surface area contributed by atoms with Crippen LogP contribution in [0.2, 0.25) is 19.6 Å². The minimum Gasteiger partial charge on any atom is -0.471 e. The summed E-state index contributed by atoms with van der Waals surface area (Å²) in [5.74, 6) is 1.03. The van der Waals surface area contributed by atoms with Crippen LogP contribution in [0.1, 0.15) is 76.9 Å². The van der Waals surface area contributed by atoms with E-state index in [1.54, 1.807) is 0 Å². The van der Waals surface area contributed by atoms with Crippen LogP contribution in [0.15, 0.2) is 16.5 Å². The lowest BCUT2D eigenvalue weighted by molar-refractivity contribution is 0.164. The molecule has 0 saturated carbocycles. The van der Waals surface area contributed by atoms with Crippen LogP contribution in [0, 0.1) is 0 Å². The van der Waals surface area contributed by atoms with Gasteiger partial charge in [0.2, 0.25) is 0 Å². The summed E-state index contributed by atoms with van der Waals surface area (Å²) < 4.78 is 10.8. The van der Waals surface area contributed by atoms with E-state index in [2.05, 4.69) is 44.0 Å². The van der Waals surface area contributed by atoms with Gasteiger partial charge in [0.05, 0.1) is 12.5 Å². The maximum absolute atomic E-state index is 11.7. The van der Waals surface area contributed by atoms with Crippen LogP contribution < -0.4 is 10.7 Å². The molecule has 0 bridgehead atoms. The number of amides is 1. The summed E-state index contributed by atoms with van der Waals surface area (Å²) in [6.07, 6.45) is 12.8. The second kappa shape index (κ2) is 13.0. The Kier molecular flexibility index (Phi) is 11.5. The van der Waals surface area contributed by atoms with Crippen molar-refractivity contribution < 1.29 is 13.9 Å². The summed E-state index contributed by atoms with van der Waals surface area (Å²) in [6, 6.07) is 4.38. The van der Waals surface area contributed by atoms with Crippen molar-refractivity contribution in [3.63, 3.8) is 0 Å². The highest BCUT2D eigenvalue weighted by Crippen LogP contribution is 2.15. The lowest BCUT2D eigenvalue weighted by Crippen LogP contribution is -2.36. The number of hydrogen-bond acceptors (Lipinski definition) is 3. The molecular formula is C22H41NO3Si. The predicted molar refractivity (Wildman–Crippen MR) is 117 cm³/mol. The van der Waals surface area contributed by atoms with Crippen LogP contribution >= 0.6 is 0 Å². The van der Waals surface area contributed by atoms with Gasteiger partial charge in [-0.15, -0.1) is 0 Å². The van der Waals surface area contributed by atoms with Gasteiger partial charge in [-0.2, -0.15) is 0 Å². The van der Waals surface area contributed by atoms with Crippen molar-refractivity contribution in [3.8, 4) is 0 Å². The van der Waals surface area contributed by atoms with E-state index in [0.717, 1.165) is 36.8 Å². The predicted octanol–water partition coefficient (Wildman–Crippen LogP) is 6.01. The van der Waals surface area contributed by atoms with Crippen molar-refractivity contribution in [1.29, 1.82) is 0 Å². The Bertz CT molecular complexity index is 522. The van der Waals surface area contributed by atoms with Crippen molar-refractivity contribution in [3.05, 3.63) is 17.9 Å². The molecule has 1 aromatic heterocycles. The van der Waals surface area contributed by atoms with E-state index in [0.29, 0.717) is 0 Å². The highest BCUT2D eigenvalue weighted by Gasteiger charge is 2.21. The van der Waals surface area contributed by atoms with Gasteiger partial charge in [-0.05, 0) is 25.0 Å². The second-order valence-corrected chi connectivity index (χ2v) is 13.6. The molecule has 1 heterocycles. The molecule has 27 heavy (non-hydrogen) atoms. The van der Waals surface area contributed by atoms with Gasteiger partial charge in [0.25, 0.3) is 0 Å². The molecule has 0 aliphatic heterocycles. The summed E-state index contributed by atoms with van der Waals surface area (Å²) in [4.78, 5) is 11.7. The van der Waals surface area contributed by atoms with Gasteiger partial charge in [-0.1, -0.05) is 77.9 Å². The van der Waals surface area contributed by atoms with Crippen molar-refractivity contribution in [2.75, 3.05) is 7.11 Å². The number of hydrogen-bond donors (Lipinski definition) is 1. The lowest BCUT2D eigenvalue weighted by Gasteiger charge is -2.17. The topological polar surface area (TPSA) is 51.5 Å². The van der Waals surface area contributed by atoms with Crippen LogP contribution in [-0.2, 0) is 11.2 Å². The fourth-order valence-corrected chi connectivity index (χ4v) is 4.29. The van der Waals surface area contributed by atoms with E-state index < -0.39 is 8.07 Å². The number of alkyl carbamates (subject to hydrolysis) is 1. The van der Waals surface area contributed by atoms with Gasteiger partial charge in [-0.25, -0.2) is 4.79 Å². The Balaban J connectivity index is 2.36. The minimum atomic E-state index is -1.40. The molecule has 0 aromatic carbocycles. The van der Waals surface area contributed by atoms with Gasteiger partial charge in [0.1, 0.15) is 13.8 Å². The Morgan fingerprint density at radius 2 is 1.67 bits per heavy atom. The van der Waals surface area contributed by atoms with E-state index in [4.69, 9.17) is 9.15 Å². The van der Waals surface area contributed by atoms with Gasteiger partial charge in [0.15, 0.2) is 0 Å². The number of carbonyl (C=O) groups is 1. The fraction of sp³-hybridized carbons (Fsp3) is 0.773. The third-order valence-electron chi connectivity index (χ3n) is 5.05. The van der Waals surface area contributed by atoms with Crippen molar-refractivity contribution in [2.24, 2.45) is 0 Å². The number of unbranched alkanes of at least 4 members (excludes halogenated alkanes) is 7. The average Bonchev–Trinajstić information content (AvgIpc) is 3.11. The first-order chi connectivity index (χ1) is 12.9. The zero-order valence-electron chi connectivity index (χ0n) is 18.2. The lowest BCUT2D eigenvalue weighted by atomic mass is 10.0. The zero-order chi connectivity index (χ0) is 20.1. The molecule has 1 rings (SSSR count). The number of furan rings is 1. The molecule has 0 fully saturated rings. The summed E-state index contributed by atoms with van der Waals surface area (Å²) in [5.41, 5.74) is 0. The second-order valence-electron chi connectivity index (χ2n) is 8.65. The third kappa shape index (κ3) is 10.6. The molecule has 0 radical (unpaired) electrons. The van der Waals surface area contributed by atoms with Crippen LogP contribution in [0.25, 0.3) is 0 Å². The standard InChI is InChI=1S/C22H41NO3Si/c1-6-7-8-9-10-11-12-13-14-19(23-22(24)25-2)15-16-20-17-18-21(26-20)27(3,4)5/h17-19H,6-16H2,1-5H3,(H,23,24). The molecule has 0 spiro atoms. The first-order valence-corrected chi connectivity index (χ1v) is 14.3. The van der Waals surface area contributed by atoms with Gasteiger partial charge in [0, 0.05) is 12.5 Å². The van der Waals surface area contributed by atoms with E-state index >= 15 is 0 Å². The van der Waals surface area contributed by atoms with Crippen molar-refractivity contribution in [1.82, 2.24) is 5.32 Å². The van der Waals surface area contributed by atoms with Crippen molar-refractivity contribution in [2.45, 2.75) is 103 Å². The maximum Gasteiger partial charge on any atom is 0.407 e. The third-order valence-corrected chi connectivity index (χ3v) is 6.80. The number of methoxy groups -OCH3 is 1. The minimum absolute atomic E-state index is 0.151. The molecule has 1 aromatic rings. The molecule has 1 atom stereocenters. The molecule has 0 saturated heterocycles. The zero-order valence-corrected chi connectivity index (χ0v) is 19.2. The molecule has 0 aliphatic carbocycles. The highest BCUT2D eigenvalue weighted by molar-refractivity contribution is 6.87. The Morgan fingerprint density at radius 1 is 1.04 bits per heavy atom. The summed E-state index contributed by atoms with van der Waals surface area (Å²) >= 11 is 0. The first kappa shape index (κ1) is 23.8. The Labute approximate surface area is 167 Å². The van der Waals surface area contributed by atoms with Crippen LogP contribution in [0.5, 0.6) is 0 Å².